The maximum absolute atomic E-state index is 5.34. The fourth-order valence-corrected chi connectivity index (χ4v) is 3.17. The van der Waals surface area contributed by atoms with E-state index >= 15 is 0 Å². The molecule has 3 rings (SSSR count). The summed E-state index contributed by atoms with van der Waals surface area (Å²) in [7, 11) is 1.73. The summed E-state index contributed by atoms with van der Waals surface area (Å²) in [5, 5.41) is 3.73. The number of benzene rings is 2. The minimum Gasteiger partial charge on any atom is -0.497 e. The average molecular weight is 281 g/mol. The lowest BCUT2D eigenvalue weighted by Crippen LogP contribution is -2.35. The van der Waals surface area contributed by atoms with Crippen LogP contribution in [0.2, 0.25) is 0 Å². The van der Waals surface area contributed by atoms with E-state index in [0.717, 1.165) is 25.1 Å². The van der Waals surface area contributed by atoms with Gasteiger partial charge in [0.2, 0.25) is 0 Å². The van der Waals surface area contributed by atoms with Gasteiger partial charge in [0.05, 0.1) is 7.11 Å². The Hall–Kier alpha value is -1.80. The highest BCUT2D eigenvalue weighted by Crippen LogP contribution is 2.25. The van der Waals surface area contributed by atoms with Gasteiger partial charge in [0.15, 0.2) is 0 Å². The van der Waals surface area contributed by atoms with Gasteiger partial charge in [-0.3, -0.25) is 0 Å². The Balaban J connectivity index is 1.76. The van der Waals surface area contributed by atoms with Crippen LogP contribution in [0.25, 0.3) is 0 Å². The van der Waals surface area contributed by atoms with Crippen molar-refractivity contribution < 1.29 is 4.74 Å². The number of fused-ring (bicyclic) bond motifs is 1. The van der Waals surface area contributed by atoms with Gasteiger partial charge in [-0.05, 0) is 47.6 Å². The number of hydrogen-bond acceptors (Lipinski definition) is 2. The number of nitrogens with one attached hydrogen (secondary N) is 1. The predicted octanol–water partition coefficient (Wildman–Crippen LogP) is 3.59. The molecule has 0 amide bonds. The Morgan fingerprint density at radius 2 is 1.90 bits per heavy atom. The third-order valence-corrected chi connectivity index (χ3v) is 4.50. The molecule has 2 aromatic rings. The molecular weight excluding hydrogens is 258 g/mol. The van der Waals surface area contributed by atoms with E-state index in [1.807, 2.05) is 0 Å². The van der Waals surface area contributed by atoms with Crippen LogP contribution in [0, 0.1) is 5.92 Å². The summed E-state index contributed by atoms with van der Waals surface area (Å²) in [6, 6.07) is 17.7. The van der Waals surface area contributed by atoms with Crippen LogP contribution >= 0.6 is 0 Å². The van der Waals surface area contributed by atoms with E-state index in [2.05, 4.69) is 60.8 Å². The fourth-order valence-electron chi connectivity index (χ4n) is 3.17. The van der Waals surface area contributed by atoms with Crippen LogP contribution in [0.3, 0.4) is 0 Å². The molecular formula is C19H23NO. The molecule has 21 heavy (non-hydrogen) atoms. The number of rotatable bonds is 3. The molecule has 2 heteroatoms. The van der Waals surface area contributed by atoms with Crippen molar-refractivity contribution in [2.24, 2.45) is 5.92 Å². The van der Waals surface area contributed by atoms with Gasteiger partial charge in [0.1, 0.15) is 5.75 Å². The normalized spacial score (nSPS) is 21.4. The molecule has 1 aliphatic rings. The van der Waals surface area contributed by atoms with Crippen LogP contribution in [0.15, 0.2) is 48.5 Å². The molecule has 0 bridgehead atoms. The van der Waals surface area contributed by atoms with E-state index in [1.54, 1.807) is 7.11 Å². The minimum absolute atomic E-state index is 0.519. The van der Waals surface area contributed by atoms with E-state index in [4.69, 9.17) is 4.74 Å². The summed E-state index contributed by atoms with van der Waals surface area (Å²) >= 11 is 0. The first-order valence-corrected chi connectivity index (χ1v) is 7.69. The molecule has 110 valence electrons. The van der Waals surface area contributed by atoms with Crippen LogP contribution in [0.5, 0.6) is 5.75 Å². The van der Waals surface area contributed by atoms with Gasteiger partial charge in [-0.25, -0.2) is 0 Å². The maximum Gasteiger partial charge on any atom is 0.119 e. The molecule has 0 aliphatic carbocycles. The van der Waals surface area contributed by atoms with Crippen molar-refractivity contribution in [3.8, 4) is 5.75 Å². The molecule has 2 nitrogen and oxygen atoms in total. The molecule has 0 saturated heterocycles. The van der Waals surface area contributed by atoms with Gasteiger partial charge in [-0.15, -0.1) is 0 Å². The van der Waals surface area contributed by atoms with Crippen molar-refractivity contribution in [1.29, 1.82) is 0 Å². The van der Waals surface area contributed by atoms with Crippen LogP contribution < -0.4 is 10.1 Å². The van der Waals surface area contributed by atoms with Crippen LogP contribution in [0.1, 0.15) is 23.6 Å². The number of hydrogen-bond donors (Lipinski definition) is 1. The summed E-state index contributed by atoms with van der Waals surface area (Å²) in [5.74, 6) is 1.57. The fraction of sp³-hybridized carbons (Fsp3) is 0.368. The summed E-state index contributed by atoms with van der Waals surface area (Å²) in [4.78, 5) is 0. The number of ether oxygens (including phenoxy) is 1. The van der Waals surface area contributed by atoms with E-state index in [0.29, 0.717) is 12.0 Å². The third-order valence-electron chi connectivity index (χ3n) is 4.50. The molecule has 2 unspecified atom stereocenters. The van der Waals surface area contributed by atoms with Crippen molar-refractivity contribution >= 4 is 0 Å². The van der Waals surface area contributed by atoms with Gasteiger partial charge in [0, 0.05) is 12.6 Å². The van der Waals surface area contributed by atoms with Crippen molar-refractivity contribution in [3.63, 3.8) is 0 Å². The second-order valence-electron chi connectivity index (χ2n) is 5.99. The van der Waals surface area contributed by atoms with Gasteiger partial charge in [-0.1, -0.05) is 43.3 Å². The van der Waals surface area contributed by atoms with Gasteiger partial charge in [0.25, 0.3) is 0 Å². The molecule has 0 fully saturated rings. The highest BCUT2D eigenvalue weighted by atomic mass is 16.5. The third kappa shape index (κ3) is 3.27. The zero-order valence-electron chi connectivity index (χ0n) is 12.8. The lowest BCUT2D eigenvalue weighted by atomic mass is 9.90. The predicted molar refractivity (Wildman–Crippen MR) is 86.6 cm³/mol. The SMILES string of the molecule is COc1ccc2c(c1)CNC(Cc1ccccc1)C(C)C2. The van der Waals surface area contributed by atoms with Crippen LogP contribution in [-0.2, 0) is 19.4 Å². The molecule has 0 radical (unpaired) electrons. The molecule has 2 aromatic carbocycles. The smallest absolute Gasteiger partial charge is 0.119 e. The largest absolute Gasteiger partial charge is 0.497 e. The summed E-state index contributed by atoms with van der Waals surface area (Å²) in [6.07, 6.45) is 2.22. The van der Waals surface area contributed by atoms with Crippen molar-refractivity contribution in [2.45, 2.75) is 32.4 Å². The van der Waals surface area contributed by atoms with Gasteiger partial charge >= 0.3 is 0 Å². The second-order valence-corrected chi connectivity index (χ2v) is 5.99. The van der Waals surface area contributed by atoms with Gasteiger partial charge < -0.3 is 10.1 Å². The van der Waals surface area contributed by atoms with E-state index in [9.17, 15) is 0 Å². The van der Waals surface area contributed by atoms with Crippen LogP contribution in [0.4, 0.5) is 0 Å². The van der Waals surface area contributed by atoms with Crippen molar-refractivity contribution in [1.82, 2.24) is 5.32 Å². The molecule has 0 aromatic heterocycles. The van der Waals surface area contributed by atoms with E-state index in [1.165, 1.54) is 16.7 Å². The first kappa shape index (κ1) is 14.2. The summed E-state index contributed by atoms with van der Waals surface area (Å²) in [5.41, 5.74) is 4.23. The second kappa shape index (κ2) is 6.31. The minimum atomic E-state index is 0.519. The van der Waals surface area contributed by atoms with E-state index < -0.39 is 0 Å². The lowest BCUT2D eigenvalue weighted by Gasteiger charge is -2.22. The highest BCUT2D eigenvalue weighted by molar-refractivity contribution is 5.37. The maximum atomic E-state index is 5.34. The molecule has 1 N–H and O–H groups in total. The average Bonchev–Trinajstić information content (AvgIpc) is 2.67. The van der Waals surface area contributed by atoms with Crippen molar-refractivity contribution in [3.05, 3.63) is 65.2 Å². The quantitative estimate of drug-likeness (QED) is 0.928. The van der Waals surface area contributed by atoms with Crippen molar-refractivity contribution in [2.75, 3.05) is 7.11 Å². The first-order chi connectivity index (χ1) is 10.3. The Bertz CT molecular complexity index is 594. The van der Waals surface area contributed by atoms with Crippen LogP contribution in [-0.4, -0.2) is 13.2 Å². The summed E-state index contributed by atoms with van der Waals surface area (Å²) in [6.45, 7) is 3.27. The standard InChI is InChI=1S/C19H23NO/c1-14-10-16-8-9-18(21-2)12-17(16)13-20-19(14)11-15-6-4-3-5-7-15/h3-9,12,14,19-20H,10-11,13H2,1-2H3. The lowest BCUT2D eigenvalue weighted by molar-refractivity contribution is 0.383. The molecule has 1 heterocycles. The molecule has 2 atom stereocenters. The molecule has 0 spiro atoms. The summed E-state index contributed by atoms with van der Waals surface area (Å²) < 4.78 is 5.34. The Morgan fingerprint density at radius 1 is 1.10 bits per heavy atom. The topological polar surface area (TPSA) is 21.3 Å². The Morgan fingerprint density at radius 3 is 2.67 bits per heavy atom. The monoisotopic (exact) mass is 281 g/mol. The Kier molecular flexibility index (Phi) is 4.26. The molecule has 1 aliphatic heterocycles. The van der Waals surface area contributed by atoms with E-state index in [-0.39, 0.29) is 0 Å². The van der Waals surface area contributed by atoms with Gasteiger partial charge in [-0.2, -0.15) is 0 Å². The Labute approximate surface area is 127 Å². The molecule has 0 saturated carbocycles. The zero-order valence-corrected chi connectivity index (χ0v) is 12.8. The first-order valence-electron chi connectivity index (χ1n) is 7.69. The zero-order chi connectivity index (χ0) is 14.7. The highest BCUT2D eigenvalue weighted by Gasteiger charge is 2.22. The number of methoxy groups -OCH3 is 1.